The highest BCUT2D eigenvalue weighted by Crippen LogP contribution is 2.29. The highest BCUT2D eigenvalue weighted by Gasteiger charge is 2.09. The van der Waals surface area contributed by atoms with Crippen molar-refractivity contribution in [2.75, 3.05) is 6.54 Å². The molecule has 0 atom stereocenters. The lowest BCUT2D eigenvalue weighted by atomic mass is 10.0. The first kappa shape index (κ1) is 15.2. The van der Waals surface area contributed by atoms with E-state index < -0.39 is 0 Å². The summed E-state index contributed by atoms with van der Waals surface area (Å²) in [5, 5.41) is 4.58. The Bertz CT molecular complexity index is 541. The smallest absolute Gasteiger partial charge is 0.123 e. The van der Waals surface area contributed by atoms with Gasteiger partial charge in [0.2, 0.25) is 0 Å². The Balaban J connectivity index is 2.14. The molecule has 1 heterocycles. The maximum atomic E-state index is 4.71. The number of hydrogen-bond acceptors (Lipinski definition) is 3. The summed E-state index contributed by atoms with van der Waals surface area (Å²) < 4.78 is 0. The summed E-state index contributed by atoms with van der Waals surface area (Å²) in [5.74, 6) is 0.580. The number of aryl methyl sites for hydroxylation is 1. The third kappa shape index (κ3) is 3.68. The zero-order valence-corrected chi connectivity index (χ0v) is 13.7. The van der Waals surface area contributed by atoms with Gasteiger partial charge < -0.3 is 5.32 Å². The molecule has 0 aliphatic heterocycles. The molecule has 20 heavy (non-hydrogen) atoms. The molecule has 1 aromatic carbocycles. The van der Waals surface area contributed by atoms with Gasteiger partial charge >= 0.3 is 0 Å². The van der Waals surface area contributed by atoms with Crippen molar-refractivity contribution in [2.45, 2.75) is 46.6 Å². The molecule has 0 unspecified atom stereocenters. The van der Waals surface area contributed by atoms with Gasteiger partial charge in [0.05, 0.1) is 5.69 Å². The fraction of sp³-hybridized carbons (Fsp3) is 0.471. The fourth-order valence-corrected chi connectivity index (χ4v) is 3.14. The Morgan fingerprint density at radius 2 is 1.90 bits per heavy atom. The summed E-state index contributed by atoms with van der Waals surface area (Å²) in [7, 11) is 0. The highest BCUT2D eigenvalue weighted by molar-refractivity contribution is 7.15. The largest absolute Gasteiger partial charge is 0.312 e. The summed E-state index contributed by atoms with van der Waals surface area (Å²) in [5.41, 5.74) is 3.76. The standard InChI is InChI=1S/C17H24N2S/c1-5-10-18-11-16-13(4)19-17(20-16)15-8-6-14(7-9-15)12(2)3/h6-9,12,18H,5,10-11H2,1-4H3. The minimum Gasteiger partial charge on any atom is -0.312 e. The topological polar surface area (TPSA) is 24.9 Å². The Hall–Kier alpha value is -1.19. The number of rotatable bonds is 6. The molecule has 0 saturated carbocycles. The second kappa shape index (κ2) is 7.00. The van der Waals surface area contributed by atoms with Gasteiger partial charge in [-0.3, -0.25) is 0 Å². The maximum Gasteiger partial charge on any atom is 0.123 e. The minimum absolute atomic E-state index is 0.580. The zero-order valence-electron chi connectivity index (χ0n) is 12.9. The second-order valence-electron chi connectivity index (χ2n) is 5.48. The van der Waals surface area contributed by atoms with Crippen LogP contribution in [0.2, 0.25) is 0 Å². The Morgan fingerprint density at radius 3 is 2.50 bits per heavy atom. The lowest BCUT2D eigenvalue weighted by molar-refractivity contribution is 0.678. The van der Waals surface area contributed by atoms with Crippen LogP contribution in [0.15, 0.2) is 24.3 Å². The van der Waals surface area contributed by atoms with Crippen LogP contribution < -0.4 is 5.32 Å². The molecular formula is C17H24N2S. The van der Waals surface area contributed by atoms with Crippen LogP contribution in [-0.2, 0) is 6.54 Å². The van der Waals surface area contributed by atoms with Crippen molar-refractivity contribution in [1.29, 1.82) is 0 Å². The van der Waals surface area contributed by atoms with E-state index in [0.29, 0.717) is 5.92 Å². The first-order chi connectivity index (χ1) is 9.61. The van der Waals surface area contributed by atoms with E-state index in [1.54, 1.807) is 11.3 Å². The number of nitrogens with one attached hydrogen (secondary N) is 1. The van der Waals surface area contributed by atoms with Crippen molar-refractivity contribution >= 4 is 11.3 Å². The highest BCUT2D eigenvalue weighted by atomic mass is 32.1. The molecule has 1 N–H and O–H groups in total. The van der Waals surface area contributed by atoms with Gasteiger partial charge in [-0.05, 0) is 31.4 Å². The zero-order chi connectivity index (χ0) is 14.5. The van der Waals surface area contributed by atoms with Crippen LogP contribution in [0.1, 0.15) is 49.2 Å². The quantitative estimate of drug-likeness (QED) is 0.776. The van der Waals surface area contributed by atoms with Crippen molar-refractivity contribution in [3.05, 3.63) is 40.4 Å². The molecule has 0 bridgehead atoms. The van der Waals surface area contributed by atoms with E-state index in [-0.39, 0.29) is 0 Å². The molecule has 0 radical (unpaired) electrons. The van der Waals surface area contributed by atoms with Gasteiger partial charge in [0, 0.05) is 17.0 Å². The van der Waals surface area contributed by atoms with Crippen LogP contribution in [0, 0.1) is 6.92 Å². The van der Waals surface area contributed by atoms with Gasteiger partial charge in [-0.2, -0.15) is 0 Å². The van der Waals surface area contributed by atoms with Crippen LogP contribution in [0.25, 0.3) is 10.6 Å². The van der Waals surface area contributed by atoms with Gasteiger partial charge in [0.15, 0.2) is 0 Å². The van der Waals surface area contributed by atoms with Gasteiger partial charge in [-0.1, -0.05) is 45.0 Å². The number of thiazole rings is 1. The molecule has 0 amide bonds. The molecule has 0 aliphatic carbocycles. The van der Waals surface area contributed by atoms with Gasteiger partial charge in [0.1, 0.15) is 5.01 Å². The van der Waals surface area contributed by atoms with Crippen LogP contribution in [0.5, 0.6) is 0 Å². The molecule has 0 aliphatic rings. The molecule has 2 aromatic rings. The fourth-order valence-electron chi connectivity index (χ4n) is 2.10. The molecule has 108 valence electrons. The first-order valence-electron chi connectivity index (χ1n) is 7.39. The molecule has 1 aromatic heterocycles. The normalized spacial score (nSPS) is 11.2. The summed E-state index contributed by atoms with van der Waals surface area (Å²) in [4.78, 5) is 6.06. The SMILES string of the molecule is CCCNCc1sc(-c2ccc(C(C)C)cc2)nc1C. The molecule has 3 heteroatoms. The molecule has 0 fully saturated rings. The van der Waals surface area contributed by atoms with E-state index >= 15 is 0 Å². The van der Waals surface area contributed by atoms with Gasteiger partial charge in [-0.25, -0.2) is 4.98 Å². The van der Waals surface area contributed by atoms with E-state index in [9.17, 15) is 0 Å². The summed E-state index contributed by atoms with van der Waals surface area (Å²) in [6.07, 6.45) is 1.17. The lowest BCUT2D eigenvalue weighted by Crippen LogP contribution is -2.13. The van der Waals surface area contributed by atoms with E-state index in [1.165, 1.54) is 22.4 Å². The molecule has 0 saturated heterocycles. The number of nitrogens with zero attached hydrogens (tertiary/aromatic N) is 1. The summed E-state index contributed by atoms with van der Waals surface area (Å²) >= 11 is 1.80. The summed E-state index contributed by atoms with van der Waals surface area (Å²) in [6, 6.07) is 8.81. The van der Waals surface area contributed by atoms with Gasteiger partial charge in [0.25, 0.3) is 0 Å². The number of benzene rings is 1. The van der Waals surface area contributed by atoms with Crippen molar-refractivity contribution < 1.29 is 0 Å². The monoisotopic (exact) mass is 288 g/mol. The molecule has 2 nitrogen and oxygen atoms in total. The predicted octanol–water partition coefficient (Wildman–Crippen LogP) is 4.74. The maximum absolute atomic E-state index is 4.71. The molecular weight excluding hydrogens is 264 g/mol. The lowest BCUT2D eigenvalue weighted by Gasteiger charge is -2.05. The van der Waals surface area contributed by atoms with Crippen molar-refractivity contribution in [3.8, 4) is 10.6 Å². The van der Waals surface area contributed by atoms with Crippen LogP contribution >= 0.6 is 11.3 Å². The van der Waals surface area contributed by atoms with Crippen LogP contribution in [-0.4, -0.2) is 11.5 Å². The molecule has 0 spiro atoms. The third-order valence-electron chi connectivity index (χ3n) is 3.43. The van der Waals surface area contributed by atoms with E-state index in [2.05, 4.69) is 57.3 Å². The average molecular weight is 288 g/mol. The van der Waals surface area contributed by atoms with E-state index in [1.807, 2.05) is 0 Å². The van der Waals surface area contributed by atoms with Crippen LogP contribution in [0.3, 0.4) is 0 Å². The second-order valence-corrected chi connectivity index (χ2v) is 6.56. The first-order valence-corrected chi connectivity index (χ1v) is 8.20. The third-order valence-corrected chi connectivity index (χ3v) is 4.64. The average Bonchev–Trinajstić information content (AvgIpc) is 2.81. The van der Waals surface area contributed by atoms with Crippen molar-refractivity contribution in [1.82, 2.24) is 10.3 Å². The van der Waals surface area contributed by atoms with E-state index in [0.717, 1.165) is 23.8 Å². The predicted molar refractivity (Wildman–Crippen MR) is 88.4 cm³/mol. The number of hydrogen-bond donors (Lipinski definition) is 1. The summed E-state index contributed by atoms with van der Waals surface area (Å²) in [6.45, 7) is 10.7. The molecule has 2 rings (SSSR count). The Kier molecular flexibility index (Phi) is 5.32. The van der Waals surface area contributed by atoms with Crippen molar-refractivity contribution in [2.24, 2.45) is 0 Å². The Labute approximate surface area is 126 Å². The van der Waals surface area contributed by atoms with Gasteiger partial charge in [-0.15, -0.1) is 11.3 Å². The number of aromatic nitrogens is 1. The Morgan fingerprint density at radius 1 is 1.20 bits per heavy atom. The van der Waals surface area contributed by atoms with E-state index in [4.69, 9.17) is 4.98 Å². The minimum atomic E-state index is 0.580. The van der Waals surface area contributed by atoms with Crippen molar-refractivity contribution in [3.63, 3.8) is 0 Å². The van der Waals surface area contributed by atoms with Crippen LogP contribution in [0.4, 0.5) is 0 Å².